The van der Waals surface area contributed by atoms with Gasteiger partial charge < -0.3 is 0 Å². The van der Waals surface area contributed by atoms with E-state index in [9.17, 15) is 0 Å². The van der Waals surface area contributed by atoms with E-state index in [1.54, 1.807) is 0 Å². The van der Waals surface area contributed by atoms with Gasteiger partial charge in [-0.3, -0.25) is 0 Å². The van der Waals surface area contributed by atoms with Crippen LogP contribution in [0, 0.1) is 0 Å². The molecule has 7 aromatic rings. The van der Waals surface area contributed by atoms with Crippen molar-refractivity contribution in [3.05, 3.63) is 145 Å². The lowest BCUT2D eigenvalue weighted by Crippen LogP contribution is -2.16. The maximum absolute atomic E-state index is 2.45. The van der Waals surface area contributed by atoms with Crippen LogP contribution in [0.5, 0.6) is 0 Å². The van der Waals surface area contributed by atoms with Crippen LogP contribution in [-0.4, -0.2) is 0 Å². The van der Waals surface area contributed by atoms with Crippen LogP contribution >= 0.6 is 0 Å². The molecule has 0 saturated heterocycles. The maximum atomic E-state index is 2.45. The molecule has 0 amide bonds. The highest BCUT2D eigenvalue weighted by molar-refractivity contribution is 6.29. The Balaban J connectivity index is 1.54. The van der Waals surface area contributed by atoms with Gasteiger partial charge in [0, 0.05) is 5.41 Å². The van der Waals surface area contributed by atoms with Crippen molar-refractivity contribution >= 4 is 32.3 Å². The molecule has 1 aliphatic rings. The van der Waals surface area contributed by atoms with Gasteiger partial charge in [0.05, 0.1) is 0 Å². The highest BCUT2D eigenvalue weighted by atomic mass is 14.4. The number of fused-ring (bicyclic) bond motifs is 9. The zero-order valence-electron chi connectivity index (χ0n) is 22.2. The highest BCUT2D eigenvalue weighted by Crippen LogP contribution is 2.53. The molecule has 1 aliphatic carbocycles. The number of benzene rings is 7. The SMILES string of the molecule is CC1(C)c2ccccc2-c2cccc(-c3cc(-c4ccccc4)c4c5ccccc5c5ccccc5c4c3)c21. The van der Waals surface area contributed by atoms with Gasteiger partial charge in [0.25, 0.3) is 0 Å². The standard InChI is InChI=1S/C39H28/c1-39(2)36-22-11-10-18-31(36)33-21-12-20-27(38(33)39)26-23-34(25-13-4-3-5-14-25)37-32-19-9-8-16-29(32)28-15-6-7-17-30(28)35(37)24-26/h3-24H,1-2H3. The van der Waals surface area contributed by atoms with Crippen LogP contribution in [0.25, 0.3) is 65.7 Å². The van der Waals surface area contributed by atoms with E-state index in [4.69, 9.17) is 0 Å². The first kappa shape index (κ1) is 22.3. The van der Waals surface area contributed by atoms with Crippen LogP contribution in [0.1, 0.15) is 25.0 Å². The molecule has 0 radical (unpaired) electrons. The van der Waals surface area contributed by atoms with E-state index in [0.29, 0.717) is 0 Å². The average molecular weight is 497 g/mol. The summed E-state index contributed by atoms with van der Waals surface area (Å²) in [5.41, 5.74) is 10.6. The fourth-order valence-electron chi connectivity index (χ4n) is 7.12. The van der Waals surface area contributed by atoms with Gasteiger partial charge in [0.2, 0.25) is 0 Å². The Hall–Kier alpha value is -4.68. The van der Waals surface area contributed by atoms with Gasteiger partial charge in [-0.15, -0.1) is 0 Å². The quantitative estimate of drug-likeness (QED) is 0.209. The molecule has 8 rings (SSSR count). The molecular formula is C39H28. The first-order chi connectivity index (χ1) is 19.1. The van der Waals surface area contributed by atoms with Gasteiger partial charge in [-0.25, -0.2) is 0 Å². The van der Waals surface area contributed by atoms with Crippen LogP contribution in [0.15, 0.2) is 133 Å². The molecule has 0 heteroatoms. The predicted molar refractivity (Wildman–Crippen MR) is 167 cm³/mol. The largest absolute Gasteiger partial charge is 0.0622 e. The molecule has 0 heterocycles. The fraction of sp³-hybridized carbons (Fsp3) is 0.0769. The van der Waals surface area contributed by atoms with Gasteiger partial charge in [-0.2, -0.15) is 0 Å². The summed E-state index contributed by atoms with van der Waals surface area (Å²) in [4.78, 5) is 0. The zero-order chi connectivity index (χ0) is 26.1. The van der Waals surface area contributed by atoms with E-state index in [-0.39, 0.29) is 5.41 Å². The van der Waals surface area contributed by atoms with Crippen molar-refractivity contribution < 1.29 is 0 Å². The zero-order valence-corrected chi connectivity index (χ0v) is 22.2. The van der Waals surface area contributed by atoms with Crippen molar-refractivity contribution in [2.75, 3.05) is 0 Å². The summed E-state index contributed by atoms with van der Waals surface area (Å²) in [5.74, 6) is 0. The fourth-order valence-corrected chi connectivity index (χ4v) is 7.12. The molecule has 39 heavy (non-hydrogen) atoms. The normalized spacial score (nSPS) is 13.6. The molecule has 0 unspecified atom stereocenters. The van der Waals surface area contributed by atoms with Crippen LogP contribution in [0.2, 0.25) is 0 Å². The Morgan fingerprint density at radius 3 is 1.72 bits per heavy atom. The van der Waals surface area contributed by atoms with E-state index in [1.165, 1.54) is 76.8 Å². The van der Waals surface area contributed by atoms with Crippen LogP contribution in [0.4, 0.5) is 0 Å². The molecule has 0 aliphatic heterocycles. The summed E-state index contributed by atoms with van der Waals surface area (Å²) in [6.07, 6.45) is 0. The Morgan fingerprint density at radius 2 is 0.949 bits per heavy atom. The lowest BCUT2D eigenvalue weighted by atomic mass is 9.78. The highest BCUT2D eigenvalue weighted by Gasteiger charge is 2.37. The third-order valence-electron chi connectivity index (χ3n) is 8.82. The van der Waals surface area contributed by atoms with Crippen molar-refractivity contribution in [2.45, 2.75) is 19.3 Å². The second-order valence-electron chi connectivity index (χ2n) is 11.3. The maximum Gasteiger partial charge on any atom is 0.0165 e. The monoisotopic (exact) mass is 496 g/mol. The van der Waals surface area contributed by atoms with Gasteiger partial charge in [-0.1, -0.05) is 135 Å². The Kier molecular flexibility index (Phi) is 4.67. The number of hydrogen-bond donors (Lipinski definition) is 0. The summed E-state index contributed by atoms with van der Waals surface area (Å²) in [6, 6.07) is 49.3. The van der Waals surface area contributed by atoms with Crippen molar-refractivity contribution in [1.82, 2.24) is 0 Å². The summed E-state index contributed by atoms with van der Waals surface area (Å²) >= 11 is 0. The van der Waals surface area contributed by atoms with Gasteiger partial charge in [-0.05, 0) is 89.0 Å². The molecule has 7 aromatic carbocycles. The topological polar surface area (TPSA) is 0 Å². The third-order valence-corrected chi connectivity index (χ3v) is 8.82. The third kappa shape index (κ3) is 3.12. The molecule has 184 valence electrons. The van der Waals surface area contributed by atoms with Crippen molar-refractivity contribution in [3.63, 3.8) is 0 Å². The average Bonchev–Trinajstić information content (AvgIpc) is 3.24. The molecular weight excluding hydrogens is 468 g/mol. The van der Waals surface area contributed by atoms with E-state index >= 15 is 0 Å². The van der Waals surface area contributed by atoms with Gasteiger partial charge >= 0.3 is 0 Å². The Morgan fingerprint density at radius 1 is 0.385 bits per heavy atom. The second-order valence-corrected chi connectivity index (χ2v) is 11.3. The van der Waals surface area contributed by atoms with E-state index < -0.39 is 0 Å². The second kappa shape index (κ2) is 8.16. The van der Waals surface area contributed by atoms with E-state index in [2.05, 4.69) is 147 Å². The van der Waals surface area contributed by atoms with Gasteiger partial charge in [0.15, 0.2) is 0 Å². The van der Waals surface area contributed by atoms with Crippen LogP contribution in [-0.2, 0) is 5.41 Å². The minimum Gasteiger partial charge on any atom is -0.0622 e. The lowest BCUT2D eigenvalue weighted by Gasteiger charge is -2.25. The first-order valence-corrected chi connectivity index (χ1v) is 13.8. The van der Waals surface area contributed by atoms with Crippen molar-refractivity contribution in [2.24, 2.45) is 0 Å². The van der Waals surface area contributed by atoms with Crippen molar-refractivity contribution in [1.29, 1.82) is 0 Å². The summed E-state index contributed by atoms with van der Waals surface area (Å²) in [6.45, 7) is 4.76. The molecule has 0 spiro atoms. The molecule has 0 atom stereocenters. The van der Waals surface area contributed by atoms with Crippen molar-refractivity contribution in [3.8, 4) is 33.4 Å². The summed E-state index contributed by atoms with van der Waals surface area (Å²) in [5, 5.41) is 7.87. The lowest BCUT2D eigenvalue weighted by molar-refractivity contribution is 0.662. The molecule has 0 N–H and O–H groups in total. The smallest absolute Gasteiger partial charge is 0.0165 e. The van der Waals surface area contributed by atoms with Crippen LogP contribution in [0.3, 0.4) is 0 Å². The Bertz CT molecular complexity index is 2080. The number of hydrogen-bond acceptors (Lipinski definition) is 0. The summed E-state index contributed by atoms with van der Waals surface area (Å²) in [7, 11) is 0. The Labute approximate surface area is 229 Å². The molecule has 0 nitrogen and oxygen atoms in total. The van der Waals surface area contributed by atoms with E-state index in [1.807, 2.05) is 0 Å². The first-order valence-electron chi connectivity index (χ1n) is 13.8. The molecule has 0 aromatic heterocycles. The van der Waals surface area contributed by atoms with E-state index in [0.717, 1.165) is 0 Å². The predicted octanol–water partition coefficient (Wildman–Crippen LogP) is 10.8. The summed E-state index contributed by atoms with van der Waals surface area (Å²) < 4.78 is 0. The number of rotatable bonds is 2. The van der Waals surface area contributed by atoms with Gasteiger partial charge in [0.1, 0.15) is 0 Å². The molecule has 0 bridgehead atoms. The minimum absolute atomic E-state index is 0.0736. The molecule has 0 fully saturated rings. The minimum atomic E-state index is -0.0736. The van der Waals surface area contributed by atoms with Crippen LogP contribution < -0.4 is 0 Å². The molecule has 0 saturated carbocycles.